The van der Waals surface area contributed by atoms with Crippen molar-refractivity contribution in [2.24, 2.45) is 0 Å². The summed E-state index contributed by atoms with van der Waals surface area (Å²) in [7, 11) is 0. The highest BCUT2D eigenvalue weighted by Crippen LogP contribution is 2.25. The number of ether oxygens (including phenoxy) is 1. The lowest BCUT2D eigenvalue weighted by Crippen LogP contribution is -2.08. The molecule has 92 valence electrons. The summed E-state index contributed by atoms with van der Waals surface area (Å²) in [5.74, 6) is -0.647. The van der Waals surface area contributed by atoms with Crippen molar-refractivity contribution >= 4 is 23.4 Å². The monoisotopic (exact) mass is 255 g/mol. The van der Waals surface area contributed by atoms with Crippen LogP contribution in [0, 0.1) is 10.1 Å². The van der Waals surface area contributed by atoms with Crippen LogP contribution in [0.15, 0.2) is 23.1 Å². The fourth-order valence-electron chi connectivity index (χ4n) is 1.23. The highest BCUT2D eigenvalue weighted by molar-refractivity contribution is 7.98. The number of benzene rings is 1. The van der Waals surface area contributed by atoms with Gasteiger partial charge in [0.2, 0.25) is 0 Å². The van der Waals surface area contributed by atoms with Crippen LogP contribution in [-0.4, -0.2) is 23.8 Å². The minimum absolute atomic E-state index is 0.00116. The molecule has 0 saturated heterocycles. The second-order valence-corrected chi connectivity index (χ2v) is 4.16. The van der Waals surface area contributed by atoms with Crippen LogP contribution < -0.4 is 0 Å². The largest absolute Gasteiger partial charge is 0.462 e. The third kappa shape index (κ3) is 3.45. The van der Waals surface area contributed by atoms with Crippen molar-refractivity contribution in [3.63, 3.8) is 0 Å². The van der Waals surface area contributed by atoms with Gasteiger partial charge < -0.3 is 4.74 Å². The van der Waals surface area contributed by atoms with Crippen LogP contribution in [0.5, 0.6) is 0 Å². The molecule has 0 aliphatic carbocycles. The Morgan fingerprint density at radius 3 is 2.76 bits per heavy atom. The number of carbonyl (C=O) groups is 1. The van der Waals surface area contributed by atoms with Gasteiger partial charge in [0, 0.05) is 11.0 Å². The Labute approximate surface area is 103 Å². The Morgan fingerprint density at radius 1 is 1.53 bits per heavy atom. The average Bonchev–Trinajstić information content (AvgIpc) is 2.35. The van der Waals surface area contributed by atoms with Gasteiger partial charge in [-0.3, -0.25) is 10.1 Å². The van der Waals surface area contributed by atoms with E-state index in [1.54, 1.807) is 6.07 Å². The van der Waals surface area contributed by atoms with E-state index in [-0.39, 0.29) is 17.9 Å². The molecule has 0 spiro atoms. The Balaban J connectivity index is 3.05. The molecule has 0 aliphatic heterocycles. The fourth-order valence-corrected chi connectivity index (χ4v) is 1.67. The topological polar surface area (TPSA) is 69.4 Å². The third-order valence-corrected chi connectivity index (χ3v) is 2.78. The first-order chi connectivity index (χ1) is 8.10. The zero-order chi connectivity index (χ0) is 12.8. The summed E-state index contributed by atoms with van der Waals surface area (Å²) < 4.78 is 4.89. The Hall–Kier alpha value is -1.56. The second kappa shape index (κ2) is 6.24. The van der Waals surface area contributed by atoms with E-state index in [0.29, 0.717) is 6.42 Å². The molecule has 6 heteroatoms. The first-order valence-corrected chi connectivity index (χ1v) is 6.32. The summed E-state index contributed by atoms with van der Waals surface area (Å²) >= 11 is 1.38. The van der Waals surface area contributed by atoms with E-state index in [1.807, 2.05) is 13.2 Å². The van der Waals surface area contributed by atoms with Gasteiger partial charge in [-0.25, -0.2) is 4.79 Å². The summed E-state index contributed by atoms with van der Waals surface area (Å²) in [5, 5.41) is 10.9. The van der Waals surface area contributed by atoms with Crippen LogP contribution in [-0.2, 0) is 4.74 Å². The maximum atomic E-state index is 11.6. The Morgan fingerprint density at radius 2 is 2.24 bits per heavy atom. The van der Waals surface area contributed by atoms with Crippen molar-refractivity contribution < 1.29 is 14.5 Å². The molecule has 0 heterocycles. The molecule has 17 heavy (non-hydrogen) atoms. The second-order valence-electron chi connectivity index (χ2n) is 3.28. The molecule has 1 aromatic carbocycles. The maximum absolute atomic E-state index is 11.6. The lowest BCUT2D eigenvalue weighted by atomic mass is 10.2. The van der Waals surface area contributed by atoms with E-state index in [2.05, 4.69) is 0 Å². The molecule has 0 atom stereocenters. The number of hydrogen-bond acceptors (Lipinski definition) is 5. The molecule has 0 unspecified atom stereocenters. The number of nitrogens with zero attached hydrogens (tertiary/aromatic N) is 1. The van der Waals surface area contributed by atoms with Gasteiger partial charge in [0.1, 0.15) is 5.56 Å². The van der Waals surface area contributed by atoms with Crippen LogP contribution in [0.3, 0.4) is 0 Å². The third-order valence-electron chi connectivity index (χ3n) is 2.06. The highest BCUT2D eigenvalue weighted by Gasteiger charge is 2.21. The van der Waals surface area contributed by atoms with Crippen LogP contribution in [0.4, 0.5) is 5.69 Å². The minimum Gasteiger partial charge on any atom is -0.462 e. The van der Waals surface area contributed by atoms with Crippen molar-refractivity contribution in [2.75, 3.05) is 12.9 Å². The number of nitro benzene ring substituents is 1. The van der Waals surface area contributed by atoms with Gasteiger partial charge in [-0.05, 0) is 24.8 Å². The zero-order valence-electron chi connectivity index (χ0n) is 9.63. The Bertz CT molecular complexity index is 433. The summed E-state index contributed by atoms with van der Waals surface area (Å²) in [5.41, 5.74) is -0.209. The van der Waals surface area contributed by atoms with Crippen LogP contribution >= 0.6 is 11.8 Å². The van der Waals surface area contributed by atoms with Gasteiger partial charge in [0.05, 0.1) is 11.5 Å². The van der Waals surface area contributed by atoms with Crippen LogP contribution in [0.2, 0.25) is 0 Å². The average molecular weight is 255 g/mol. The Kier molecular flexibility index (Phi) is 4.96. The van der Waals surface area contributed by atoms with Crippen molar-refractivity contribution in [1.29, 1.82) is 0 Å². The first-order valence-electron chi connectivity index (χ1n) is 5.09. The van der Waals surface area contributed by atoms with Crippen molar-refractivity contribution in [3.05, 3.63) is 33.9 Å². The quantitative estimate of drug-likeness (QED) is 0.350. The van der Waals surface area contributed by atoms with E-state index < -0.39 is 10.9 Å². The maximum Gasteiger partial charge on any atom is 0.345 e. The molecule has 0 aliphatic rings. The number of carbonyl (C=O) groups excluding carboxylic acids is 1. The molecule has 0 fully saturated rings. The summed E-state index contributed by atoms with van der Waals surface area (Å²) in [6.07, 6.45) is 2.50. The normalized spacial score (nSPS) is 10.0. The lowest BCUT2D eigenvalue weighted by molar-refractivity contribution is -0.385. The standard InChI is InChI=1S/C11H13NO4S/c1-3-6-16-11(13)9-5-4-8(17-2)7-10(9)12(14)15/h4-5,7H,3,6H2,1-2H3. The van der Waals surface area contributed by atoms with Gasteiger partial charge in [0.15, 0.2) is 0 Å². The number of rotatable bonds is 5. The number of thioether (sulfide) groups is 1. The highest BCUT2D eigenvalue weighted by atomic mass is 32.2. The molecule has 0 aromatic heterocycles. The number of hydrogen-bond donors (Lipinski definition) is 0. The van der Waals surface area contributed by atoms with Gasteiger partial charge in [-0.15, -0.1) is 11.8 Å². The minimum atomic E-state index is -0.647. The number of nitro groups is 1. The molecular weight excluding hydrogens is 242 g/mol. The molecule has 0 radical (unpaired) electrons. The predicted molar refractivity (Wildman–Crippen MR) is 65.5 cm³/mol. The molecule has 5 nitrogen and oxygen atoms in total. The van der Waals surface area contributed by atoms with Gasteiger partial charge in [0.25, 0.3) is 5.69 Å². The van der Waals surface area contributed by atoms with E-state index in [0.717, 1.165) is 4.90 Å². The van der Waals surface area contributed by atoms with Gasteiger partial charge in [-0.2, -0.15) is 0 Å². The number of esters is 1. The smallest absolute Gasteiger partial charge is 0.345 e. The first kappa shape index (κ1) is 13.5. The molecule has 0 bridgehead atoms. The van der Waals surface area contributed by atoms with E-state index in [1.165, 1.54) is 23.9 Å². The molecule has 1 aromatic rings. The molecule has 0 N–H and O–H groups in total. The van der Waals surface area contributed by atoms with Crippen molar-refractivity contribution in [2.45, 2.75) is 18.2 Å². The summed E-state index contributed by atoms with van der Waals surface area (Å²) in [4.78, 5) is 22.6. The van der Waals surface area contributed by atoms with E-state index >= 15 is 0 Å². The predicted octanol–water partition coefficient (Wildman–Crippen LogP) is 2.88. The lowest BCUT2D eigenvalue weighted by Gasteiger charge is -2.05. The van der Waals surface area contributed by atoms with Crippen LogP contribution in [0.25, 0.3) is 0 Å². The van der Waals surface area contributed by atoms with Crippen LogP contribution in [0.1, 0.15) is 23.7 Å². The summed E-state index contributed by atoms with van der Waals surface area (Å²) in [6, 6.07) is 4.48. The van der Waals surface area contributed by atoms with E-state index in [4.69, 9.17) is 4.74 Å². The van der Waals surface area contributed by atoms with E-state index in [9.17, 15) is 14.9 Å². The SMILES string of the molecule is CCCOC(=O)c1ccc(SC)cc1[N+](=O)[O-]. The van der Waals surface area contributed by atoms with Gasteiger partial charge >= 0.3 is 5.97 Å². The zero-order valence-corrected chi connectivity index (χ0v) is 10.5. The fraction of sp³-hybridized carbons (Fsp3) is 0.364. The van der Waals surface area contributed by atoms with Crippen molar-refractivity contribution in [1.82, 2.24) is 0 Å². The molecular formula is C11H13NO4S. The molecule has 0 saturated carbocycles. The molecule has 1 rings (SSSR count). The van der Waals surface area contributed by atoms with Gasteiger partial charge in [-0.1, -0.05) is 6.92 Å². The van der Waals surface area contributed by atoms with Crippen molar-refractivity contribution in [3.8, 4) is 0 Å². The summed E-state index contributed by atoms with van der Waals surface area (Å²) in [6.45, 7) is 2.12. The molecule has 0 amide bonds.